The average Bonchev–Trinajstić information content (AvgIpc) is 2.80. The van der Waals surface area contributed by atoms with Gasteiger partial charge in [0.2, 0.25) is 0 Å². The Morgan fingerprint density at radius 2 is 1.82 bits per heavy atom. The Hall–Kier alpha value is -3.18. The van der Waals surface area contributed by atoms with Crippen LogP contribution in [0, 0.1) is 12.3 Å². The van der Waals surface area contributed by atoms with E-state index in [1.165, 1.54) is 6.92 Å². The molecule has 2 atom stereocenters. The second-order valence-corrected chi connectivity index (χ2v) is 9.64. The van der Waals surface area contributed by atoms with Crippen molar-refractivity contribution in [3.63, 3.8) is 0 Å². The molecule has 34 heavy (non-hydrogen) atoms. The molecule has 0 aliphatic carbocycles. The molecule has 5 nitrogen and oxygen atoms in total. The lowest BCUT2D eigenvalue weighted by molar-refractivity contribution is -0.154. The maximum atomic E-state index is 12.1. The van der Waals surface area contributed by atoms with E-state index in [4.69, 9.17) is 25.8 Å². The predicted molar refractivity (Wildman–Crippen MR) is 135 cm³/mol. The highest BCUT2D eigenvalue weighted by Gasteiger charge is 2.47. The Labute approximate surface area is 206 Å². The number of hydrogen-bond donors (Lipinski definition) is 1. The zero-order valence-corrected chi connectivity index (χ0v) is 20.9. The van der Waals surface area contributed by atoms with Crippen molar-refractivity contribution in [1.82, 2.24) is 0 Å². The molecule has 0 saturated heterocycles. The van der Waals surface area contributed by atoms with Crippen LogP contribution >= 0.6 is 11.6 Å². The van der Waals surface area contributed by atoms with Crippen LogP contribution in [0.2, 0.25) is 5.02 Å². The maximum Gasteiger partial charge on any atom is 0.303 e. The fourth-order valence-electron chi connectivity index (χ4n) is 4.62. The van der Waals surface area contributed by atoms with Gasteiger partial charge in [0.1, 0.15) is 12.7 Å². The van der Waals surface area contributed by atoms with Gasteiger partial charge in [-0.05, 0) is 25.1 Å². The van der Waals surface area contributed by atoms with E-state index in [1.54, 1.807) is 7.11 Å². The molecular weight excluding hydrogens is 450 g/mol. The highest BCUT2D eigenvalue weighted by atomic mass is 35.5. The average molecular weight is 480 g/mol. The van der Waals surface area contributed by atoms with Crippen LogP contribution in [-0.2, 0) is 16.1 Å². The highest BCUT2D eigenvalue weighted by Crippen LogP contribution is 2.55. The Kier molecular flexibility index (Phi) is 6.76. The Bertz CT molecular complexity index is 1210. The van der Waals surface area contributed by atoms with Gasteiger partial charge in [0.05, 0.1) is 13.2 Å². The van der Waals surface area contributed by atoms with E-state index in [1.807, 2.05) is 61.5 Å². The lowest BCUT2D eigenvalue weighted by Crippen LogP contribution is -2.40. The van der Waals surface area contributed by atoms with Crippen LogP contribution < -0.4 is 14.8 Å². The van der Waals surface area contributed by atoms with E-state index in [2.05, 4.69) is 25.2 Å². The molecule has 0 amide bonds. The number of rotatable bonds is 6. The van der Waals surface area contributed by atoms with Gasteiger partial charge in [-0.25, -0.2) is 0 Å². The number of ether oxygens (including phenoxy) is 3. The van der Waals surface area contributed by atoms with Gasteiger partial charge in [0.25, 0.3) is 0 Å². The number of fused-ring (bicyclic) bond motifs is 1. The van der Waals surface area contributed by atoms with Gasteiger partial charge in [-0.2, -0.15) is 0 Å². The fraction of sp³-hybridized carbons (Fsp3) is 0.321. The summed E-state index contributed by atoms with van der Waals surface area (Å²) in [5.74, 6) is 0.945. The van der Waals surface area contributed by atoms with Crippen molar-refractivity contribution in [2.75, 3.05) is 12.4 Å². The van der Waals surface area contributed by atoms with Gasteiger partial charge in [-0.3, -0.25) is 4.79 Å². The Morgan fingerprint density at radius 3 is 2.53 bits per heavy atom. The third-order valence-corrected chi connectivity index (χ3v) is 6.73. The van der Waals surface area contributed by atoms with Crippen molar-refractivity contribution in [2.45, 2.75) is 46.4 Å². The van der Waals surface area contributed by atoms with Crippen molar-refractivity contribution in [3.8, 4) is 11.5 Å². The van der Waals surface area contributed by atoms with Crippen molar-refractivity contribution < 1.29 is 19.0 Å². The molecule has 0 saturated carbocycles. The van der Waals surface area contributed by atoms with Gasteiger partial charge >= 0.3 is 5.97 Å². The summed E-state index contributed by atoms with van der Waals surface area (Å²) in [6.07, 6.45) is -0.436. The first-order chi connectivity index (χ1) is 16.2. The van der Waals surface area contributed by atoms with Crippen LogP contribution in [0.1, 0.15) is 55.2 Å². The molecule has 0 unspecified atom stereocenters. The summed E-state index contributed by atoms with van der Waals surface area (Å²) >= 11 is 6.36. The molecule has 0 aromatic heterocycles. The van der Waals surface area contributed by atoms with Crippen LogP contribution in [0.15, 0.2) is 60.7 Å². The van der Waals surface area contributed by atoms with Gasteiger partial charge in [0, 0.05) is 39.7 Å². The predicted octanol–water partition coefficient (Wildman–Crippen LogP) is 7.03. The van der Waals surface area contributed by atoms with Gasteiger partial charge in [-0.1, -0.05) is 73.5 Å². The topological polar surface area (TPSA) is 56.8 Å². The maximum absolute atomic E-state index is 12.1. The second-order valence-electron chi connectivity index (χ2n) is 9.24. The smallest absolute Gasteiger partial charge is 0.303 e. The monoisotopic (exact) mass is 479 g/mol. The molecule has 3 aromatic rings. The number of halogens is 1. The number of aryl methyl sites for hydroxylation is 1. The third kappa shape index (κ3) is 4.58. The van der Waals surface area contributed by atoms with E-state index in [9.17, 15) is 4.79 Å². The molecule has 1 heterocycles. The van der Waals surface area contributed by atoms with E-state index >= 15 is 0 Å². The molecule has 0 radical (unpaired) electrons. The van der Waals surface area contributed by atoms with Crippen molar-refractivity contribution >= 4 is 23.3 Å². The minimum absolute atomic E-state index is 0.219. The highest BCUT2D eigenvalue weighted by molar-refractivity contribution is 6.31. The van der Waals surface area contributed by atoms with Gasteiger partial charge in [-0.15, -0.1) is 0 Å². The number of esters is 1. The lowest BCUT2D eigenvalue weighted by Gasteiger charge is -2.46. The largest absolute Gasteiger partial charge is 0.493 e. The van der Waals surface area contributed by atoms with Crippen LogP contribution in [0.4, 0.5) is 5.69 Å². The quantitative estimate of drug-likeness (QED) is 0.384. The molecule has 4 rings (SSSR count). The molecule has 178 valence electrons. The summed E-state index contributed by atoms with van der Waals surface area (Å²) in [5, 5.41) is 4.33. The number of hydrogen-bond acceptors (Lipinski definition) is 5. The van der Waals surface area contributed by atoms with E-state index in [-0.39, 0.29) is 12.0 Å². The summed E-state index contributed by atoms with van der Waals surface area (Å²) in [6.45, 7) is 7.98. The summed E-state index contributed by atoms with van der Waals surface area (Å²) in [6, 6.07) is 19.4. The Morgan fingerprint density at radius 1 is 1.06 bits per heavy atom. The third-order valence-electron chi connectivity index (χ3n) is 6.36. The number of carbonyl (C=O) groups excluding carboxylic acids is 1. The number of nitrogens with one attached hydrogen (secondary N) is 1. The van der Waals surface area contributed by atoms with Crippen LogP contribution in [0.25, 0.3) is 0 Å². The van der Waals surface area contributed by atoms with E-state index in [0.29, 0.717) is 23.1 Å². The number of benzene rings is 3. The summed E-state index contributed by atoms with van der Waals surface area (Å²) in [5.41, 5.74) is 4.31. The van der Waals surface area contributed by atoms with Crippen LogP contribution in [0.3, 0.4) is 0 Å². The minimum Gasteiger partial charge on any atom is -0.493 e. The first-order valence-electron chi connectivity index (χ1n) is 11.3. The SMILES string of the molecule is COc1cccc([C@H]2Nc3ccc(C)cc3[C@@H](OC(C)=O)C2(C)C)c1OCc1ccccc1Cl. The molecule has 0 spiro atoms. The number of anilines is 1. The molecule has 0 fully saturated rings. The molecule has 1 aliphatic heterocycles. The summed E-state index contributed by atoms with van der Waals surface area (Å²) in [7, 11) is 1.63. The lowest BCUT2D eigenvalue weighted by atomic mass is 9.70. The van der Waals surface area contributed by atoms with Crippen LogP contribution in [0.5, 0.6) is 11.5 Å². The van der Waals surface area contributed by atoms with E-state index < -0.39 is 11.5 Å². The molecule has 1 N–H and O–H groups in total. The second kappa shape index (κ2) is 9.59. The zero-order valence-electron chi connectivity index (χ0n) is 20.1. The Balaban J connectivity index is 1.79. The fourth-order valence-corrected chi connectivity index (χ4v) is 4.82. The van der Waals surface area contributed by atoms with Crippen molar-refractivity contribution in [3.05, 3.63) is 87.9 Å². The van der Waals surface area contributed by atoms with Gasteiger partial charge < -0.3 is 19.5 Å². The number of methoxy groups -OCH3 is 1. The van der Waals surface area contributed by atoms with Crippen LogP contribution in [-0.4, -0.2) is 13.1 Å². The number of carbonyl (C=O) groups is 1. The van der Waals surface area contributed by atoms with Crippen molar-refractivity contribution in [2.24, 2.45) is 5.41 Å². The molecule has 3 aromatic carbocycles. The summed E-state index contributed by atoms with van der Waals surface area (Å²) in [4.78, 5) is 12.1. The standard InChI is InChI=1S/C28H30ClNO4/c1-17-13-14-23-21(15-17)27(34-18(2)31)28(3,4)26(30-23)20-10-8-12-24(32-5)25(20)33-16-19-9-6-7-11-22(19)29/h6-15,26-27,30H,16H2,1-5H3/t26-,27-/m1/s1. The summed E-state index contributed by atoms with van der Waals surface area (Å²) < 4.78 is 17.9. The van der Waals surface area contributed by atoms with Crippen molar-refractivity contribution in [1.29, 1.82) is 0 Å². The number of para-hydroxylation sites is 1. The van der Waals surface area contributed by atoms with E-state index in [0.717, 1.165) is 27.9 Å². The first kappa shape index (κ1) is 24.0. The van der Waals surface area contributed by atoms with Gasteiger partial charge in [0.15, 0.2) is 11.5 Å². The molecule has 0 bridgehead atoms. The molecule has 6 heteroatoms. The minimum atomic E-state index is -0.499. The molecular formula is C28H30ClNO4. The molecule has 1 aliphatic rings. The normalized spacial score (nSPS) is 18.4. The first-order valence-corrected chi connectivity index (χ1v) is 11.7. The zero-order chi connectivity index (χ0) is 24.5.